The zero-order chi connectivity index (χ0) is 43.7. The van der Waals surface area contributed by atoms with E-state index in [1.807, 2.05) is 13.8 Å². The van der Waals surface area contributed by atoms with Crippen LogP contribution >= 0.6 is 0 Å². The highest BCUT2D eigenvalue weighted by Gasteiger charge is 2.77. The van der Waals surface area contributed by atoms with E-state index in [0.29, 0.717) is 13.0 Å². The summed E-state index contributed by atoms with van der Waals surface area (Å²) < 4.78 is 270. The van der Waals surface area contributed by atoms with Gasteiger partial charge in [0, 0.05) is 13.2 Å². The van der Waals surface area contributed by atoms with Crippen molar-refractivity contribution in [2.45, 2.75) is 132 Å². The van der Waals surface area contributed by atoms with E-state index in [2.05, 4.69) is 23.7 Å². The van der Waals surface area contributed by atoms with Crippen molar-refractivity contribution in [2.75, 3.05) is 39.6 Å². The quantitative estimate of drug-likeness (QED) is 0.0564. The van der Waals surface area contributed by atoms with Gasteiger partial charge in [-0.25, -0.2) is 8.78 Å². The molecular weight excluding hydrogens is 832 g/mol. The minimum absolute atomic E-state index is 0.0454. The lowest BCUT2D eigenvalue weighted by Gasteiger charge is -2.30. The molecule has 4 atom stereocenters. The van der Waals surface area contributed by atoms with Gasteiger partial charge in [0.1, 0.15) is 12.2 Å². The first kappa shape index (κ1) is 55.4. The number of unbranched alkanes of at least 4 members (excludes halogenated alkanes) is 5. The van der Waals surface area contributed by atoms with Crippen LogP contribution in [0.1, 0.15) is 58.8 Å². The smallest absolute Gasteiger partial charge is 0.396 e. The van der Waals surface area contributed by atoms with Crippen molar-refractivity contribution < 1.29 is 126 Å². The summed E-state index contributed by atoms with van der Waals surface area (Å²) in [4.78, 5) is 0. The molecule has 2 N–H and O–H groups in total. The van der Waals surface area contributed by atoms with E-state index in [9.17, 15) is 92.9 Å². The topological polar surface area (TPSA) is 99.1 Å². The van der Waals surface area contributed by atoms with Crippen LogP contribution in [0.2, 0.25) is 0 Å². The fourth-order valence-corrected chi connectivity index (χ4v) is 2.83. The molecule has 334 valence electrons. The highest BCUT2D eigenvalue weighted by Crippen LogP contribution is 2.50. The molecule has 0 spiro atoms. The summed E-state index contributed by atoms with van der Waals surface area (Å²) in [5, 5.41) is 17.2. The molecule has 28 heteroatoms. The summed E-state index contributed by atoms with van der Waals surface area (Å²) in [6.07, 6.45) is -42.9. The third-order valence-electron chi connectivity index (χ3n) is 5.98. The number of epoxide rings is 1. The summed E-state index contributed by atoms with van der Waals surface area (Å²) in [7, 11) is 0. The minimum atomic E-state index is -6.94. The van der Waals surface area contributed by atoms with E-state index in [4.69, 9.17) is 9.84 Å². The Balaban J connectivity index is 0. The SMILES string of the molecule is CCCCCCCCOCC(O)COC(F)(F)C(F)OC(F)(F)C(F)(F)C(F)(F)F.CCCO.FC(OC(F)(F)C(F)(F)C(F)(F)F)C(F)(F)OCC1CO1. The molecule has 0 radical (unpaired) electrons. The van der Waals surface area contributed by atoms with Gasteiger partial charge in [0.15, 0.2) is 0 Å². The highest BCUT2D eigenvalue weighted by molar-refractivity contribution is 4.86. The molecule has 1 fully saturated rings. The fourth-order valence-electron chi connectivity index (χ4n) is 2.83. The van der Waals surface area contributed by atoms with Crippen molar-refractivity contribution in [1.29, 1.82) is 0 Å². The Hall–Kier alpha value is -1.72. The molecule has 1 aliphatic rings. The first-order valence-electron chi connectivity index (χ1n) is 15.5. The summed E-state index contributed by atoms with van der Waals surface area (Å²) in [6.45, 7) is 1.47. The number of halogens is 20. The molecule has 55 heavy (non-hydrogen) atoms. The van der Waals surface area contributed by atoms with Gasteiger partial charge >= 0.3 is 48.6 Å². The first-order valence-corrected chi connectivity index (χ1v) is 15.5. The second-order valence-corrected chi connectivity index (χ2v) is 11.0. The molecule has 1 saturated heterocycles. The molecular formula is C27H38F20O8. The maximum absolute atomic E-state index is 13.2. The zero-order valence-corrected chi connectivity index (χ0v) is 28.4. The van der Waals surface area contributed by atoms with Gasteiger partial charge in [0.2, 0.25) is 0 Å². The Labute approximate surface area is 299 Å². The Kier molecular flexibility index (Phi) is 23.2. The second-order valence-electron chi connectivity index (χ2n) is 11.0. The molecule has 0 bridgehead atoms. The van der Waals surface area contributed by atoms with Gasteiger partial charge in [0.25, 0.3) is 12.7 Å². The van der Waals surface area contributed by atoms with E-state index < -0.39 is 93.4 Å². The Morgan fingerprint density at radius 3 is 1.35 bits per heavy atom. The van der Waals surface area contributed by atoms with Gasteiger partial charge in [-0.2, -0.15) is 79.0 Å². The summed E-state index contributed by atoms with van der Waals surface area (Å²) in [6, 6.07) is 0. The first-order chi connectivity index (χ1) is 24.7. The van der Waals surface area contributed by atoms with Crippen molar-refractivity contribution in [2.24, 2.45) is 0 Å². The summed E-state index contributed by atoms with van der Waals surface area (Å²) in [5.41, 5.74) is 0. The Bertz CT molecular complexity index is 1030. The van der Waals surface area contributed by atoms with E-state index >= 15 is 0 Å². The van der Waals surface area contributed by atoms with Crippen molar-refractivity contribution in [1.82, 2.24) is 0 Å². The lowest BCUT2D eigenvalue weighted by Crippen LogP contribution is -2.56. The highest BCUT2D eigenvalue weighted by atomic mass is 19.4. The normalized spacial score (nSPS) is 17.8. The number of alkyl halides is 20. The Morgan fingerprint density at radius 1 is 0.600 bits per heavy atom. The molecule has 0 aromatic rings. The van der Waals surface area contributed by atoms with E-state index in [1.54, 1.807) is 0 Å². The fraction of sp³-hybridized carbons (Fsp3) is 1.00. The number of hydrogen-bond donors (Lipinski definition) is 2. The molecule has 1 heterocycles. The van der Waals surface area contributed by atoms with Crippen LogP contribution in [-0.2, 0) is 28.4 Å². The standard InChI is InChI=1S/C16H24F10O4.C8H6F10O3.C3H8O/c1-2-3-4-5-6-7-8-28-9-11(27)10-29-13(18,19)12(17)30-16(25,26)14(20,21)15(22,23)24;9-4(5(10,11)20-2-3-1-19-3)21-8(17,18)6(12,13)7(14,15)16;1-2-3-4/h11-12,27H,2-10H2,1H3;3-4H,1-2H2;4H,2-3H2,1H3. The van der Waals surface area contributed by atoms with Crippen LogP contribution in [-0.4, -0.2) is 123 Å². The monoisotopic (exact) mass is 870 g/mol. The molecule has 0 saturated carbocycles. The summed E-state index contributed by atoms with van der Waals surface area (Å²) in [5.74, 6) is -13.8. The number of aliphatic hydroxyl groups is 2. The average molecular weight is 871 g/mol. The molecule has 8 nitrogen and oxygen atoms in total. The number of rotatable bonds is 24. The van der Waals surface area contributed by atoms with Crippen molar-refractivity contribution in [3.05, 3.63) is 0 Å². The van der Waals surface area contributed by atoms with E-state index in [0.717, 1.165) is 38.5 Å². The second kappa shape index (κ2) is 23.0. The molecule has 0 aromatic carbocycles. The minimum Gasteiger partial charge on any atom is -0.396 e. The van der Waals surface area contributed by atoms with Crippen LogP contribution in [0.5, 0.6) is 0 Å². The largest absolute Gasteiger partial charge is 0.462 e. The molecule has 1 rings (SSSR count). The van der Waals surface area contributed by atoms with Crippen LogP contribution in [0.15, 0.2) is 0 Å². The molecule has 0 aromatic heterocycles. The predicted molar refractivity (Wildman–Crippen MR) is 143 cm³/mol. The zero-order valence-electron chi connectivity index (χ0n) is 28.4. The number of aliphatic hydroxyl groups excluding tert-OH is 2. The van der Waals surface area contributed by atoms with Gasteiger partial charge in [-0.15, -0.1) is 0 Å². The number of ether oxygens (including phenoxy) is 6. The van der Waals surface area contributed by atoms with Gasteiger partial charge in [-0.3, -0.25) is 9.47 Å². The average Bonchev–Trinajstić information content (AvgIpc) is 3.88. The summed E-state index contributed by atoms with van der Waals surface area (Å²) >= 11 is 0. The lowest BCUT2D eigenvalue weighted by molar-refractivity contribution is -0.465. The maximum atomic E-state index is 13.2. The van der Waals surface area contributed by atoms with Crippen LogP contribution in [0.4, 0.5) is 87.8 Å². The van der Waals surface area contributed by atoms with E-state index in [1.165, 1.54) is 0 Å². The third-order valence-corrected chi connectivity index (χ3v) is 5.98. The molecule has 1 aliphatic heterocycles. The van der Waals surface area contributed by atoms with Crippen molar-refractivity contribution >= 4 is 0 Å². The van der Waals surface area contributed by atoms with Gasteiger partial charge < -0.3 is 29.2 Å². The van der Waals surface area contributed by atoms with Crippen molar-refractivity contribution in [3.63, 3.8) is 0 Å². The maximum Gasteiger partial charge on any atom is 0.462 e. The van der Waals surface area contributed by atoms with Gasteiger partial charge in [-0.05, 0) is 12.8 Å². The van der Waals surface area contributed by atoms with Crippen LogP contribution in [0, 0.1) is 0 Å². The Morgan fingerprint density at radius 2 is 0.982 bits per heavy atom. The van der Waals surface area contributed by atoms with Crippen LogP contribution < -0.4 is 0 Å². The number of hydrogen-bond acceptors (Lipinski definition) is 8. The van der Waals surface area contributed by atoms with Gasteiger partial charge in [0.05, 0.1) is 26.4 Å². The van der Waals surface area contributed by atoms with Gasteiger partial charge in [-0.1, -0.05) is 46.0 Å². The van der Waals surface area contributed by atoms with Crippen LogP contribution in [0.3, 0.4) is 0 Å². The molecule has 4 unspecified atom stereocenters. The molecule has 0 aliphatic carbocycles. The third kappa shape index (κ3) is 19.5. The lowest BCUT2D eigenvalue weighted by atomic mass is 10.1. The van der Waals surface area contributed by atoms with E-state index in [-0.39, 0.29) is 13.2 Å². The molecule has 0 amide bonds. The predicted octanol–water partition coefficient (Wildman–Crippen LogP) is 8.92. The van der Waals surface area contributed by atoms with Crippen molar-refractivity contribution in [3.8, 4) is 0 Å². The van der Waals surface area contributed by atoms with Crippen LogP contribution in [0.25, 0.3) is 0 Å².